The second kappa shape index (κ2) is 16.0. The predicted octanol–water partition coefficient (Wildman–Crippen LogP) is 7.47. The second-order valence-corrected chi connectivity index (χ2v) is 20.9. The van der Waals surface area contributed by atoms with Gasteiger partial charge in [0.05, 0.1) is 6.61 Å². The van der Waals surface area contributed by atoms with Gasteiger partial charge >= 0.3 is 11.9 Å². The van der Waals surface area contributed by atoms with E-state index in [1.807, 2.05) is 0 Å². The molecule has 306 valence electrons. The normalized spacial score (nSPS) is 42.2. The Morgan fingerprint density at radius 1 is 0.704 bits per heavy atom. The van der Waals surface area contributed by atoms with E-state index in [9.17, 15) is 9.59 Å². The molecule has 2 N–H and O–H groups in total. The topological polar surface area (TPSA) is 83.1 Å². The van der Waals surface area contributed by atoms with Crippen molar-refractivity contribution in [1.82, 2.24) is 20.4 Å². The van der Waals surface area contributed by atoms with E-state index in [0.29, 0.717) is 49.0 Å². The van der Waals surface area contributed by atoms with Gasteiger partial charge in [0.2, 0.25) is 0 Å². The van der Waals surface area contributed by atoms with Crippen LogP contribution in [0.2, 0.25) is 0 Å². The number of nitrogens with zero attached hydrogens (tertiary/aromatic N) is 2. The minimum absolute atomic E-state index is 0.00593. The molecular weight excluding hydrogens is 673 g/mol. The van der Waals surface area contributed by atoms with Crippen LogP contribution in [0, 0.1) is 56.7 Å². The quantitative estimate of drug-likeness (QED) is 0.157. The van der Waals surface area contributed by atoms with E-state index in [4.69, 9.17) is 9.47 Å². The lowest BCUT2D eigenvalue weighted by Gasteiger charge is -2.73. The Labute approximate surface area is 329 Å². The molecule has 8 heteroatoms. The summed E-state index contributed by atoms with van der Waals surface area (Å²) >= 11 is 0. The van der Waals surface area contributed by atoms with Crippen LogP contribution in [0.15, 0.2) is 12.2 Å². The summed E-state index contributed by atoms with van der Waals surface area (Å²) in [6.07, 6.45) is 14.8. The Bertz CT molecular complexity index is 1360. The summed E-state index contributed by atoms with van der Waals surface area (Å²) in [5, 5.41) is 6.84. The highest BCUT2D eigenvalue weighted by atomic mass is 16.5. The van der Waals surface area contributed by atoms with E-state index < -0.39 is 0 Å². The summed E-state index contributed by atoms with van der Waals surface area (Å²) in [5.41, 5.74) is 2.15. The molecular formula is C46H78N4O4. The summed E-state index contributed by atoms with van der Waals surface area (Å²) in [6, 6.07) is 0. The molecule has 2 aliphatic heterocycles. The van der Waals surface area contributed by atoms with Gasteiger partial charge in [-0.1, -0.05) is 46.8 Å². The first-order valence-corrected chi connectivity index (χ1v) is 22.6. The monoisotopic (exact) mass is 751 g/mol. The fourth-order valence-corrected chi connectivity index (χ4v) is 15.0. The SMILES string of the molecule is C=C(C)C1CC[C@]2(COC(=O)CCCN3CCNCC3)CC[C@]3(C)C(CCC4[C@@]5(C)CC[C@H](OC(=O)CCCN6CCNCC6)C(C)(C)C5CC[C@]43C)C12. The van der Waals surface area contributed by atoms with Gasteiger partial charge in [-0.15, -0.1) is 0 Å². The Morgan fingerprint density at radius 2 is 1.33 bits per heavy atom. The Morgan fingerprint density at radius 3 is 1.96 bits per heavy atom. The van der Waals surface area contributed by atoms with E-state index in [2.05, 4.69) is 68.6 Å². The molecule has 0 aromatic carbocycles. The fraction of sp³-hybridized carbons (Fsp3) is 0.913. The van der Waals surface area contributed by atoms with E-state index >= 15 is 0 Å². The molecule has 5 aliphatic carbocycles. The second-order valence-electron chi connectivity index (χ2n) is 20.9. The van der Waals surface area contributed by atoms with Crippen LogP contribution in [-0.2, 0) is 19.1 Å². The zero-order valence-corrected chi connectivity index (χ0v) is 35.4. The molecule has 0 aromatic heterocycles. The predicted molar refractivity (Wildman–Crippen MR) is 217 cm³/mol. The third kappa shape index (κ3) is 7.39. The molecule has 0 spiro atoms. The van der Waals surface area contributed by atoms with Gasteiger partial charge in [-0.3, -0.25) is 9.59 Å². The number of nitrogens with one attached hydrogen (secondary N) is 2. The highest BCUT2D eigenvalue weighted by Crippen LogP contribution is 2.77. The highest BCUT2D eigenvalue weighted by Gasteiger charge is 2.71. The van der Waals surface area contributed by atoms with Crippen LogP contribution in [0.5, 0.6) is 0 Å². The van der Waals surface area contributed by atoms with Crippen molar-refractivity contribution in [2.24, 2.45) is 56.7 Å². The van der Waals surface area contributed by atoms with Gasteiger partial charge in [0.25, 0.3) is 0 Å². The number of hydrogen-bond donors (Lipinski definition) is 2. The molecule has 7 fully saturated rings. The number of rotatable bonds is 12. The van der Waals surface area contributed by atoms with Crippen molar-refractivity contribution in [3.8, 4) is 0 Å². The number of carbonyl (C=O) groups is 2. The van der Waals surface area contributed by atoms with Crippen LogP contribution in [0.4, 0.5) is 0 Å². The van der Waals surface area contributed by atoms with Crippen LogP contribution in [0.1, 0.15) is 131 Å². The van der Waals surface area contributed by atoms with Gasteiger partial charge in [-0.2, -0.15) is 0 Å². The number of ether oxygens (including phenoxy) is 2. The molecule has 7 aliphatic rings. The molecule has 0 aromatic rings. The third-order valence-corrected chi connectivity index (χ3v) is 18.1. The summed E-state index contributed by atoms with van der Waals surface area (Å²) in [5.74, 6) is 2.94. The standard InChI is InChI=1S/C46H78N4O4/c1-33(2)34-14-19-46(32-53-39(51)10-8-26-49-28-22-47-23-29-49)21-20-44(6)35(41(34)46)12-13-37-43(5)17-16-38(42(3,4)36(43)15-18-45(37,44)7)54-40(52)11-9-27-50-30-24-48-25-31-50/h34-38,41,47-48H,1,8-32H2,2-7H3/t34?,35?,36?,37?,38-,41?,43-,44+,45+,46+/m0/s1. The number of allylic oxidation sites excluding steroid dienone is 1. The van der Waals surface area contributed by atoms with Crippen molar-refractivity contribution >= 4 is 11.9 Å². The molecule has 5 unspecified atom stereocenters. The summed E-state index contributed by atoms with van der Waals surface area (Å²) in [4.78, 5) is 31.4. The average molecular weight is 751 g/mol. The number of esters is 2. The molecule has 10 atom stereocenters. The van der Waals surface area contributed by atoms with Crippen molar-refractivity contribution in [1.29, 1.82) is 0 Å². The first kappa shape index (κ1) is 40.7. The summed E-state index contributed by atoms with van der Waals surface area (Å²) in [7, 11) is 0. The zero-order valence-electron chi connectivity index (χ0n) is 35.4. The van der Waals surface area contributed by atoms with Gasteiger partial charge < -0.3 is 29.9 Å². The van der Waals surface area contributed by atoms with E-state index in [0.717, 1.165) is 91.1 Å². The molecule has 2 heterocycles. The minimum atomic E-state index is -0.0344. The van der Waals surface area contributed by atoms with Crippen LogP contribution < -0.4 is 10.6 Å². The van der Waals surface area contributed by atoms with Gasteiger partial charge in [0.1, 0.15) is 6.10 Å². The lowest BCUT2D eigenvalue weighted by atomic mass is 9.32. The first-order chi connectivity index (χ1) is 25.7. The van der Waals surface area contributed by atoms with Crippen molar-refractivity contribution in [3.63, 3.8) is 0 Å². The fourth-order valence-electron chi connectivity index (χ4n) is 15.0. The molecule has 0 amide bonds. The van der Waals surface area contributed by atoms with Crippen LogP contribution >= 0.6 is 0 Å². The van der Waals surface area contributed by atoms with Gasteiger partial charge in [0.15, 0.2) is 0 Å². The maximum atomic E-state index is 13.3. The lowest BCUT2D eigenvalue weighted by Crippen LogP contribution is -2.67. The molecule has 8 nitrogen and oxygen atoms in total. The summed E-state index contributed by atoms with van der Waals surface area (Å²) in [6.45, 7) is 30.9. The average Bonchev–Trinajstić information content (AvgIpc) is 3.53. The van der Waals surface area contributed by atoms with Gasteiger partial charge in [0, 0.05) is 76.0 Å². The molecule has 0 radical (unpaired) electrons. The first-order valence-electron chi connectivity index (χ1n) is 22.6. The molecule has 2 saturated heterocycles. The molecule has 5 saturated carbocycles. The number of piperazine rings is 2. The van der Waals surface area contributed by atoms with Gasteiger partial charge in [-0.05, 0) is 143 Å². The van der Waals surface area contributed by atoms with Crippen LogP contribution in [0.3, 0.4) is 0 Å². The largest absolute Gasteiger partial charge is 0.465 e. The van der Waals surface area contributed by atoms with E-state index in [1.165, 1.54) is 56.9 Å². The van der Waals surface area contributed by atoms with Crippen molar-refractivity contribution in [2.75, 3.05) is 72.1 Å². The smallest absolute Gasteiger partial charge is 0.306 e. The molecule has 7 rings (SSSR count). The Kier molecular flexibility index (Phi) is 12.1. The van der Waals surface area contributed by atoms with Crippen molar-refractivity contribution < 1.29 is 19.1 Å². The molecule has 0 bridgehead atoms. The number of hydrogen-bond acceptors (Lipinski definition) is 8. The van der Waals surface area contributed by atoms with E-state index in [-0.39, 0.29) is 45.1 Å². The van der Waals surface area contributed by atoms with Crippen molar-refractivity contribution in [3.05, 3.63) is 12.2 Å². The number of carbonyl (C=O) groups excluding carboxylic acids is 2. The molecule has 54 heavy (non-hydrogen) atoms. The van der Waals surface area contributed by atoms with Gasteiger partial charge in [-0.25, -0.2) is 0 Å². The zero-order chi connectivity index (χ0) is 38.4. The Hall–Kier alpha value is -1.48. The van der Waals surface area contributed by atoms with E-state index in [1.54, 1.807) is 0 Å². The highest BCUT2D eigenvalue weighted by molar-refractivity contribution is 5.70. The van der Waals surface area contributed by atoms with Crippen LogP contribution in [0.25, 0.3) is 0 Å². The minimum Gasteiger partial charge on any atom is -0.465 e. The van der Waals surface area contributed by atoms with Crippen molar-refractivity contribution in [2.45, 2.75) is 138 Å². The third-order valence-electron chi connectivity index (χ3n) is 18.1. The lowest BCUT2D eigenvalue weighted by molar-refractivity contribution is -0.252. The maximum Gasteiger partial charge on any atom is 0.306 e. The summed E-state index contributed by atoms with van der Waals surface area (Å²) < 4.78 is 12.7. The number of fused-ring (bicyclic) bond motifs is 7. The van der Waals surface area contributed by atoms with Crippen LogP contribution in [-0.4, -0.2) is 99.9 Å². The maximum absolute atomic E-state index is 13.3. The Balaban J connectivity index is 1.01.